The van der Waals surface area contributed by atoms with E-state index < -0.39 is 8.32 Å². The fourth-order valence-electron chi connectivity index (χ4n) is 1.93. The van der Waals surface area contributed by atoms with Gasteiger partial charge >= 0.3 is 0 Å². The molecule has 0 bridgehead atoms. The van der Waals surface area contributed by atoms with Gasteiger partial charge in [-0.2, -0.15) is 5.26 Å². The van der Waals surface area contributed by atoms with Crippen molar-refractivity contribution >= 4 is 14.4 Å². The van der Waals surface area contributed by atoms with Gasteiger partial charge in [0.05, 0.1) is 18.6 Å². The van der Waals surface area contributed by atoms with Crippen LogP contribution in [-0.2, 0) is 4.43 Å². The standard InChI is InChI=1S/C19H29NOSi/c1-16(12-13-17-10-8-7-9-11-17)18(14-15-20)21-22(5,6)19(2,3)4/h7-13,16,18H,14H2,1-6H3/t16-,18+/m1/s1. The van der Waals surface area contributed by atoms with Gasteiger partial charge in [-0.15, -0.1) is 0 Å². The Labute approximate surface area is 136 Å². The van der Waals surface area contributed by atoms with Crippen molar-refractivity contribution in [3.63, 3.8) is 0 Å². The molecule has 0 fully saturated rings. The first kappa shape index (κ1) is 18.7. The Morgan fingerprint density at radius 3 is 2.32 bits per heavy atom. The summed E-state index contributed by atoms with van der Waals surface area (Å²) in [5.74, 6) is 0.217. The minimum Gasteiger partial charge on any atom is -0.412 e. The van der Waals surface area contributed by atoms with Crippen LogP contribution in [0, 0.1) is 17.2 Å². The molecule has 3 heteroatoms. The van der Waals surface area contributed by atoms with Gasteiger partial charge in [0.25, 0.3) is 0 Å². The quantitative estimate of drug-likeness (QED) is 0.636. The highest BCUT2D eigenvalue weighted by Crippen LogP contribution is 2.38. The van der Waals surface area contributed by atoms with Gasteiger partial charge in [0.1, 0.15) is 0 Å². The number of nitriles is 1. The van der Waals surface area contributed by atoms with Crippen LogP contribution >= 0.6 is 0 Å². The van der Waals surface area contributed by atoms with E-state index >= 15 is 0 Å². The molecule has 0 aromatic heterocycles. The summed E-state index contributed by atoms with van der Waals surface area (Å²) in [6.07, 6.45) is 4.67. The Morgan fingerprint density at radius 1 is 1.23 bits per heavy atom. The van der Waals surface area contributed by atoms with E-state index in [2.05, 4.69) is 71.1 Å². The minimum atomic E-state index is -1.86. The third-order valence-corrected chi connectivity index (χ3v) is 9.03. The number of hydrogen-bond donors (Lipinski definition) is 0. The van der Waals surface area contributed by atoms with Crippen LogP contribution in [0.2, 0.25) is 18.1 Å². The molecule has 22 heavy (non-hydrogen) atoms. The summed E-state index contributed by atoms with van der Waals surface area (Å²) in [6.45, 7) is 13.3. The van der Waals surface area contributed by atoms with E-state index in [1.54, 1.807) is 0 Å². The summed E-state index contributed by atoms with van der Waals surface area (Å²) in [7, 11) is -1.86. The van der Waals surface area contributed by atoms with Crippen molar-refractivity contribution in [1.82, 2.24) is 0 Å². The summed E-state index contributed by atoms with van der Waals surface area (Å²) < 4.78 is 6.46. The first-order valence-corrected chi connectivity index (χ1v) is 10.9. The van der Waals surface area contributed by atoms with Crippen LogP contribution in [0.3, 0.4) is 0 Å². The summed E-state index contributed by atoms with van der Waals surface area (Å²) >= 11 is 0. The van der Waals surface area contributed by atoms with Crippen LogP contribution in [0.4, 0.5) is 0 Å². The van der Waals surface area contributed by atoms with E-state index in [0.717, 1.165) is 0 Å². The monoisotopic (exact) mass is 315 g/mol. The number of rotatable bonds is 6. The van der Waals surface area contributed by atoms with Crippen LogP contribution < -0.4 is 0 Å². The molecule has 0 amide bonds. The SMILES string of the molecule is C[C@H](C=Cc1ccccc1)[C@H](CC#N)O[Si](C)(C)C(C)(C)C. The van der Waals surface area contributed by atoms with Gasteiger partial charge in [0, 0.05) is 5.92 Å². The molecule has 0 heterocycles. The molecule has 0 N–H and O–H groups in total. The van der Waals surface area contributed by atoms with Crippen molar-refractivity contribution in [3.05, 3.63) is 42.0 Å². The Balaban J connectivity index is 2.82. The highest BCUT2D eigenvalue weighted by Gasteiger charge is 2.39. The van der Waals surface area contributed by atoms with E-state index in [1.165, 1.54) is 5.56 Å². The third-order valence-electron chi connectivity index (χ3n) is 4.52. The highest BCUT2D eigenvalue weighted by molar-refractivity contribution is 6.74. The van der Waals surface area contributed by atoms with Gasteiger partial charge in [0.15, 0.2) is 8.32 Å². The summed E-state index contributed by atoms with van der Waals surface area (Å²) in [6, 6.07) is 12.5. The lowest BCUT2D eigenvalue weighted by Crippen LogP contribution is -2.45. The lowest BCUT2D eigenvalue weighted by molar-refractivity contribution is 0.150. The Hall–Kier alpha value is -1.37. The van der Waals surface area contributed by atoms with Gasteiger partial charge in [-0.1, -0.05) is 70.2 Å². The normalized spacial score (nSPS) is 15.5. The topological polar surface area (TPSA) is 33.0 Å². The smallest absolute Gasteiger partial charge is 0.192 e. The van der Waals surface area contributed by atoms with Gasteiger partial charge in [0.2, 0.25) is 0 Å². The molecule has 2 atom stereocenters. The first-order chi connectivity index (χ1) is 10.2. The van der Waals surface area contributed by atoms with Crippen LogP contribution in [0.1, 0.15) is 39.7 Å². The Morgan fingerprint density at radius 2 is 1.82 bits per heavy atom. The Kier molecular flexibility index (Phi) is 6.59. The van der Waals surface area contributed by atoms with Gasteiger partial charge < -0.3 is 4.43 Å². The molecule has 0 spiro atoms. The molecule has 0 saturated carbocycles. The zero-order valence-corrected chi connectivity index (χ0v) is 15.8. The molecule has 0 saturated heterocycles. The maximum absolute atomic E-state index is 9.13. The van der Waals surface area contributed by atoms with Crippen LogP contribution in [0.5, 0.6) is 0 Å². The van der Waals surface area contributed by atoms with Crippen molar-refractivity contribution in [2.45, 2.75) is 58.4 Å². The molecule has 120 valence electrons. The predicted molar refractivity (Wildman–Crippen MR) is 96.9 cm³/mol. The predicted octanol–water partition coefficient (Wildman–Crippen LogP) is 5.64. The molecule has 1 aromatic rings. The average molecular weight is 316 g/mol. The zero-order chi connectivity index (χ0) is 16.8. The third kappa shape index (κ3) is 5.44. The van der Waals surface area contributed by atoms with Crippen molar-refractivity contribution in [2.24, 2.45) is 5.92 Å². The summed E-state index contributed by atoms with van der Waals surface area (Å²) in [5, 5.41) is 9.29. The van der Waals surface area contributed by atoms with Crippen molar-refractivity contribution < 1.29 is 4.43 Å². The van der Waals surface area contributed by atoms with Crippen LogP contribution in [0.25, 0.3) is 6.08 Å². The summed E-state index contributed by atoms with van der Waals surface area (Å²) in [5.41, 5.74) is 1.18. The highest BCUT2D eigenvalue weighted by atomic mass is 28.4. The molecular weight excluding hydrogens is 286 g/mol. The van der Waals surface area contributed by atoms with Gasteiger partial charge in [-0.25, -0.2) is 0 Å². The van der Waals surface area contributed by atoms with Crippen LogP contribution in [-0.4, -0.2) is 14.4 Å². The second-order valence-corrected chi connectivity index (χ2v) is 12.2. The fourth-order valence-corrected chi connectivity index (χ4v) is 3.34. The van der Waals surface area contributed by atoms with Crippen molar-refractivity contribution in [3.8, 4) is 6.07 Å². The Bertz CT molecular complexity index is 523. The van der Waals surface area contributed by atoms with Gasteiger partial charge in [-0.05, 0) is 23.7 Å². The lowest BCUT2D eigenvalue weighted by atomic mass is 10.0. The van der Waals surface area contributed by atoms with Crippen molar-refractivity contribution in [2.75, 3.05) is 0 Å². The number of hydrogen-bond acceptors (Lipinski definition) is 2. The maximum Gasteiger partial charge on any atom is 0.192 e. The second kappa shape index (κ2) is 7.76. The van der Waals surface area contributed by atoms with E-state index in [9.17, 15) is 0 Å². The zero-order valence-electron chi connectivity index (χ0n) is 14.8. The molecule has 0 radical (unpaired) electrons. The molecule has 0 aliphatic rings. The van der Waals surface area contributed by atoms with E-state index in [1.807, 2.05) is 18.2 Å². The maximum atomic E-state index is 9.13. The summed E-state index contributed by atoms with van der Waals surface area (Å²) in [4.78, 5) is 0. The van der Waals surface area contributed by atoms with E-state index in [0.29, 0.717) is 6.42 Å². The fraction of sp³-hybridized carbons (Fsp3) is 0.526. The first-order valence-electron chi connectivity index (χ1n) is 7.95. The van der Waals surface area contributed by atoms with E-state index in [4.69, 9.17) is 9.69 Å². The average Bonchev–Trinajstić information content (AvgIpc) is 2.44. The molecule has 0 unspecified atom stereocenters. The largest absolute Gasteiger partial charge is 0.412 e. The molecule has 0 aliphatic heterocycles. The molecular formula is C19H29NOSi. The minimum absolute atomic E-state index is 0.0362. The van der Waals surface area contributed by atoms with Crippen molar-refractivity contribution in [1.29, 1.82) is 5.26 Å². The lowest BCUT2D eigenvalue weighted by Gasteiger charge is -2.40. The van der Waals surface area contributed by atoms with E-state index in [-0.39, 0.29) is 17.1 Å². The number of nitrogens with zero attached hydrogens (tertiary/aromatic N) is 1. The second-order valence-electron chi connectivity index (χ2n) is 7.41. The van der Waals surface area contributed by atoms with Crippen LogP contribution in [0.15, 0.2) is 36.4 Å². The molecule has 1 rings (SSSR count). The number of benzene rings is 1. The molecule has 1 aromatic carbocycles. The molecule has 2 nitrogen and oxygen atoms in total. The molecule has 0 aliphatic carbocycles. The van der Waals surface area contributed by atoms with Gasteiger partial charge in [-0.3, -0.25) is 0 Å².